The molecule has 0 saturated carbocycles. The molecule has 1 aromatic heterocycles. The van der Waals surface area contributed by atoms with E-state index in [1.807, 2.05) is 30.3 Å². The zero-order valence-corrected chi connectivity index (χ0v) is 10.7. The van der Waals surface area contributed by atoms with Crippen LogP contribution < -0.4 is 10.1 Å². The summed E-state index contributed by atoms with van der Waals surface area (Å²) >= 11 is 0. The predicted octanol–water partition coefficient (Wildman–Crippen LogP) is 2.97. The summed E-state index contributed by atoms with van der Waals surface area (Å²) in [6.07, 6.45) is 2.80. The fourth-order valence-corrected chi connectivity index (χ4v) is 1.69. The van der Waals surface area contributed by atoms with Crippen molar-refractivity contribution in [3.05, 3.63) is 36.5 Å². The second-order valence-electron chi connectivity index (χ2n) is 3.89. The number of rotatable bonds is 5. The molecule has 94 valence electrons. The van der Waals surface area contributed by atoms with Gasteiger partial charge in [0.15, 0.2) is 0 Å². The van der Waals surface area contributed by atoms with Crippen LogP contribution in [0, 0.1) is 0 Å². The molecule has 0 amide bonds. The number of ether oxygens (including phenoxy) is 1. The van der Waals surface area contributed by atoms with E-state index < -0.39 is 0 Å². The molecule has 0 unspecified atom stereocenters. The standard InChI is InChI=1S/C14H17N3O/c1-3-9-15-14-16-10-8-12(17-14)11-6-4-5-7-13(11)18-2/h4-8,10H,3,9H2,1-2H3,(H,15,16,17). The summed E-state index contributed by atoms with van der Waals surface area (Å²) in [4.78, 5) is 8.68. The molecule has 2 aromatic rings. The van der Waals surface area contributed by atoms with Crippen LogP contribution in [0.3, 0.4) is 0 Å². The lowest BCUT2D eigenvalue weighted by Crippen LogP contribution is -2.04. The van der Waals surface area contributed by atoms with E-state index >= 15 is 0 Å². The number of aromatic nitrogens is 2. The molecule has 0 bridgehead atoms. The fourth-order valence-electron chi connectivity index (χ4n) is 1.69. The van der Waals surface area contributed by atoms with Crippen molar-refractivity contribution in [2.45, 2.75) is 13.3 Å². The topological polar surface area (TPSA) is 47.0 Å². The van der Waals surface area contributed by atoms with Crippen molar-refractivity contribution in [1.82, 2.24) is 9.97 Å². The van der Waals surface area contributed by atoms with Gasteiger partial charge in [0.25, 0.3) is 0 Å². The van der Waals surface area contributed by atoms with E-state index in [0.717, 1.165) is 30.0 Å². The van der Waals surface area contributed by atoms with Crippen LogP contribution >= 0.6 is 0 Å². The Labute approximate surface area is 107 Å². The zero-order chi connectivity index (χ0) is 12.8. The van der Waals surface area contributed by atoms with E-state index in [0.29, 0.717) is 5.95 Å². The number of methoxy groups -OCH3 is 1. The van der Waals surface area contributed by atoms with Crippen molar-refractivity contribution >= 4 is 5.95 Å². The van der Waals surface area contributed by atoms with Gasteiger partial charge in [-0.05, 0) is 24.6 Å². The number of nitrogens with one attached hydrogen (secondary N) is 1. The molecule has 1 N–H and O–H groups in total. The van der Waals surface area contributed by atoms with Gasteiger partial charge in [-0.3, -0.25) is 0 Å². The number of hydrogen-bond acceptors (Lipinski definition) is 4. The first-order valence-electron chi connectivity index (χ1n) is 6.05. The van der Waals surface area contributed by atoms with Crippen LogP contribution in [0.5, 0.6) is 5.75 Å². The maximum absolute atomic E-state index is 5.34. The van der Waals surface area contributed by atoms with E-state index in [4.69, 9.17) is 4.74 Å². The average Bonchev–Trinajstić information content (AvgIpc) is 2.45. The van der Waals surface area contributed by atoms with Crippen LogP contribution in [0.1, 0.15) is 13.3 Å². The van der Waals surface area contributed by atoms with Crippen molar-refractivity contribution in [2.24, 2.45) is 0 Å². The van der Waals surface area contributed by atoms with Gasteiger partial charge in [-0.15, -0.1) is 0 Å². The lowest BCUT2D eigenvalue weighted by molar-refractivity contribution is 0.416. The van der Waals surface area contributed by atoms with Crippen molar-refractivity contribution in [1.29, 1.82) is 0 Å². The number of nitrogens with zero attached hydrogens (tertiary/aromatic N) is 2. The van der Waals surface area contributed by atoms with Crippen LogP contribution in [0.15, 0.2) is 36.5 Å². The quantitative estimate of drug-likeness (QED) is 0.877. The van der Waals surface area contributed by atoms with Gasteiger partial charge in [-0.25, -0.2) is 9.97 Å². The van der Waals surface area contributed by atoms with E-state index in [2.05, 4.69) is 22.2 Å². The Morgan fingerprint density at radius 3 is 2.83 bits per heavy atom. The summed E-state index contributed by atoms with van der Waals surface area (Å²) in [6.45, 7) is 2.98. The Kier molecular flexibility index (Phi) is 4.12. The highest BCUT2D eigenvalue weighted by molar-refractivity contribution is 5.67. The second kappa shape index (κ2) is 6.00. The molecule has 0 aliphatic rings. The normalized spacial score (nSPS) is 10.1. The van der Waals surface area contributed by atoms with Gasteiger partial charge in [-0.1, -0.05) is 19.1 Å². The molecule has 0 atom stereocenters. The molecule has 0 fully saturated rings. The Morgan fingerprint density at radius 1 is 1.22 bits per heavy atom. The minimum atomic E-state index is 0.653. The molecule has 0 spiro atoms. The highest BCUT2D eigenvalue weighted by Crippen LogP contribution is 2.28. The van der Waals surface area contributed by atoms with Crippen LogP contribution in [0.25, 0.3) is 11.3 Å². The molecule has 0 aliphatic carbocycles. The maximum Gasteiger partial charge on any atom is 0.223 e. The van der Waals surface area contributed by atoms with Crippen LogP contribution in [0.2, 0.25) is 0 Å². The molecular formula is C14H17N3O. The largest absolute Gasteiger partial charge is 0.496 e. The second-order valence-corrected chi connectivity index (χ2v) is 3.89. The van der Waals surface area contributed by atoms with E-state index in [-0.39, 0.29) is 0 Å². The molecule has 4 nitrogen and oxygen atoms in total. The molecular weight excluding hydrogens is 226 g/mol. The van der Waals surface area contributed by atoms with Crippen molar-refractivity contribution < 1.29 is 4.74 Å². The Balaban J connectivity index is 2.32. The van der Waals surface area contributed by atoms with Gasteiger partial charge in [0.05, 0.1) is 12.8 Å². The minimum absolute atomic E-state index is 0.653. The third-order valence-corrected chi connectivity index (χ3v) is 2.57. The van der Waals surface area contributed by atoms with Crippen molar-refractivity contribution in [3.8, 4) is 17.0 Å². The maximum atomic E-state index is 5.34. The highest BCUT2D eigenvalue weighted by Gasteiger charge is 2.07. The van der Waals surface area contributed by atoms with E-state index in [1.165, 1.54) is 0 Å². The van der Waals surface area contributed by atoms with Crippen molar-refractivity contribution in [3.63, 3.8) is 0 Å². The average molecular weight is 243 g/mol. The smallest absolute Gasteiger partial charge is 0.223 e. The summed E-state index contributed by atoms with van der Waals surface area (Å²) in [5, 5.41) is 3.18. The van der Waals surface area contributed by atoms with Crippen LogP contribution in [-0.4, -0.2) is 23.6 Å². The van der Waals surface area contributed by atoms with Crippen LogP contribution in [-0.2, 0) is 0 Å². The molecule has 0 radical (unpaired) electrons. The Morgan fingerprint density at radius 2 is 2.06 bits per heavy atom. The third-order valence-electron chi connectivity index (χ3n) is 2.57. The van der Waals surface area contributed by atoms with Crippen molar-refractivity contribution in [2.75, 3.05) is 19.0 Å². The summed E-state index contributed by atoms with van der Waals surface area (Å²) < 4.78 is 5.34. The Hall–Kier alpha value is -2.10. The fraction of sp³-hybridized carbons (Fsp3) is 0.286. The first kappa shape index (κ1) is 12.4. The number of benzene rings is 1. The first-order chi connectivity index (χ1) is 8.85. The van der Waals surface area contributed by atoms with Crippen LogP contribution in [0.4, 0.5) is 5.95 Å². The number of para-hydroxylation sites is 1. The molecule has 18 heavy (non-hydrogen) atoms. The summed E-state index contributed by atoms with van der Waals surface area (Å²) in [6, 6.07) is 9.72. The summed E-state index contributed by atoms with van der Waals surface area (Å²) in [5.74, 6) is 1.47. The molecule has 4 heteroatoms. The molecule has 1 aromatic carbocycles. The third kappa shape index (κ3) is 2.77. The highest BCUT2D eigenvalue weighted by atomic mass is 16.5. The number of anilines is 1. The Bertz CT molecular complexity index is 514. The monoisotopic (exact) mass is 243 g/mol. The van der Waals surface area contributed by atoms with Gasteiger partial charge in [0.1, 0.15) is 5.75 Å². The lowest BCUT2D eigenvalue weighted by Gasteiger charge is -2.09. The molecule has 0 saturated heterocycles. The predicted molar refractivity (Wildman–Crippen MR) is 72.8 cm³/mol. The molecule has 1 heterocycles. The SMILES string of the molecule is CCCNc1nccc(-c2ccccc2OC)n1. The molecule has 0 aliphatic heterocycles. The van der Waals surface area contributed by atoms with Gasteiger partial charge in [0, 0.05) is 18.3 Å². The van der Waals surface area contributed by atoms with E-state index in [9.17, 15) is 0 Å². The van der Waals surface area contributed by atoms with Gasteiger partial charge >= 0.3 is 0 Å². The zero-order valence-electron chi connectivity index (χ0n) is 10.7. The lowest BCUT2D eigenvalue weighted by atomic mass is 10.1. The van der Waals surface area contributed by atoms with Gasteiger partial charge < -0.3 is 10.1 Å². The summed E-state index contributed by atoms with van der Waals surface area (Å²) in [7, 11) is 1.66. The minimum Gasteiger partial charge on any atom is -0.496 e. The van der Waals surface area contributed by atoms with E-state index in [1.54, 1.807) is 13.3 Å². The summed E-state index contributed by atoms with van der Waals surface area (Å²) in [5.41, 5.74) is 1.84. The number of hydrogen-bond donors (Lipinski definition) is 1. The van der Waals surface area contributed by atoms with Gasteiger partial charge in [-0.2, -0.15) is 0 Å². The van der Waals surface area contributed by atoms with Gasteiger partial charge in [0.2, 0.25) is 5.95 Å². The first-order valence-corrected chi connectivity index (χ1v) is 6.05. The molecule has 2 rings (SSSR count).